The van der Waals surface area contributed by atoms with Crippen LogP contribution < -0.4 is 10.6 Å². The highest BCUT2D eigenvalue weighted by Crippen LogP contribution is 2.30. The predicted octanol–water partition coefficient (Wildman–Crippen LogP) is 1.75. The number of halogens is 1. The number of oxime groups is 1. The van der Waals surface area contributed by atoms with E-state index in [2.05, 4.69) is 26.0 Å². The second-order valence-corrected chi connectivity index (χ2v) is 5.80. The number of benzene rings is 1. The summed E-state index contributed by atoms with van der Waals surface area (Å²) in [5.74, 6) is 0.363. The van der Waals surface area contributed by atoms with Crippen LogP contribution in [0.25, 0.3) is 0 Å². The summed E-state index contributed by atoms with van der Waals surface area (Å²) >= 11 is 3.44. The van der Waals surface area contributed by atoms with Gasteiger partial charge < -0.3 is 20.9 Å². The highest BCUT2D eigenvalue weighted by atomic mass is 79.9. The molecule has 1 saturated heterocycles. The van der Waals surface area contributed by atoms with Crippen molar-refractivity contribution in [2.45, 2.75) is 19.4 Å². The van der Waals surface area contributed by atoms with Crippen LogP contribution >= 0.6 is 15.9 Å². The highest BCUT2D eigenvalue weighted by molar-refractivity contribution is 9.10. The SMILES string of the molecule is CC(O)C1CCN(c2cc(Br)ccc2/C(N)=N/O)C1. The summed E-state index contributed by atoms with van der Waals surface area (Å²) in [4.78, 5) is 2.16. The van der Waals surface area contributed by atoms with E-state index in [1.54, 1.807) is 0 Å². The molecule has 1 heterocycles. The van der Waals surface area contributed by atoms with Crippen molar-refractivity contribution >= 4 is 27.5 Å². The molecule has 1 aliphatic heterocycles. The summed E-state index contributed by atoms with van der Waals surface area (Å²) in [7, 11) is 0. The van der Waals surface area contributed by atoms with Gasteiger partial charge in [-0.3, -0.25) is 0 Å². The minimum Gasteiger partial charge on any atom is -0.409 e. The molecule has 0 saturated carbocycles. The molecular formula is C13H18BrN3O2. The van der Waals surface area contributed by atoms with Crippen molar-refractivity contribution in [2.24, 2.45) is 16.8 Å². The van der Waals surface area contributed by atoms with Gasteiger partial charge in [-0.05, 0) is 31.5 Å². The molecule has 2 rings (SSSR count). The molecule has 6 heteroatoms. The first kappa shape index (κ1) is 14.1. The van der Waals surface area contributed by atoms with Gasteiger partial charge in [-0.15, -0.1) is 0 Å². The van der Waals surface area contributed by atoms with Crippen molar-refractivity contribution < 1.29 is 10.3 Å². The van der Waals surface area contributed by atoms with E-state index in [1.807, 2.05) is 25.1 Å². The van der Waals surface area contributed by atoms with Gasteiger partial charge in [-0.25, -0.2) is 0 Å². The average Bonchev–Trinajstić information content (AvgIpc) is 2.87. The number of aliphatic hydroxyl groups is 1. The minimum absolute atomic E-state index is 0.1000. The van der Waals surface area contributed by atoms with Crippen LogP contribution in [0.3, 0.4) is 0 Å². The van der Waals surface area contributed by atoms with Crippen molar-refractivity contribution in [3.63, 3.8) is 0 Å². The van der Waals surface area contributed by atoms with Crippen LogP contribution in [0.4, 0.5) is 5.69 Å². The summed E-state index contributed by atoms with van der Waals surface area (Å²) in [5, 5.41) is 21.6. The van der Waals surface area contributed by atoms with E-state index in [-0.39, 0.29) is 17.9 Å². The lowest BCUT2D eigenvalue weighted by molar-refractivity contribution is 0.136. The van der Waals surface area contributed by atoms with Crippen LogP contribution in [0, 0.1) is 5.92 Å². The smallest absolute Gasteiger partial charge is 0.172 e. The van der Waals surface area contributed by atoms with E-state index in [0.717, 1.165) is 29.7 Å². The van der Waals surface area contributed by atoms with Crippen molar-refractivity contribution in [1.82, 2.24) is 0 Å². The molecule has 2 unspecified atom stereocenters. The van der Waals surface area contributed by atoms with E-state index in [9.17, 15) is 5.11 Å². The highest BCUT2D eigenvalue weighted by Gasteiger charge is 2.27. The topological polar surface area (TPSA) is 82.1 Å². The summed E-state index contributed by atoms with van der Waals surface area (Å²) in [5.41, 5.74) is 7.35. The number of hydrogen-bond donors (Lipinski definition) is 3. The quantitative estimate of drug-likeness (QED) is 0.342. The first-order valence-electron chi connectivity index (χ1n) is 6.23. The van der Waals surface area contributed by atoms with Gasteiger partial charge in [0.2, 0.25) is 0 Å². The van der Waals surface area contributed by atoms with Gasteiger partial charge in [0.15, 0.2) is 5.84 Å². The third kappa shape index (κ3) is 3.01. The van der Waals surface area contributed by atoms with E-state index in [4.69, 9.17) is 10.9 Å². The van der Waals surface area contributed by atoms with Gasteiger partial charge in [-0.2, -0.15) is 0 Å². The number of hydrogen-bond acceptors (Lipinski definition) is 4. The normalized spacial score (nSPS) is 21.7. The largest absolute Gasteiger partial charge is 0.409 e. The molecule has 0 aromatic heterocycles. The Morgan fingerprint density at radius 2 is 2.32 bits per heavy atom. The maximum atomic E-state index is 9.67. The van der Waals surface area contributed by atoms with Gasteiger partial charge in [0.05, 0.1) is 6.10 Å². The summed E-state index contributed by atoms with van der Waals surface area (Å²) in [6, 6.07) is 5.64. The molecule has 1 aromatic rings. The number of aliphatic hydroxyl groups excluding tert-OH is 1. The fraction of sp³-hybridized carbons (Fsp3) is 0.462. The summed E-state index contributed by atoms with van der Waals surface area (Å²) in [6.07, 6.45) is 0.629. The lowest BCUT2D eigenvalue weighted by Gasteiger charge is -2.22. The third-order valence-electron chi connectivity index (χ3n) is 3.59. The molecule has 0 bridgehead atoms. The second kappa shape index (κ2) is 5.79. The second-order valence-electron chi connectivity index (χ2n) is 4.88. The van der Waals surface area contributed by atoms with Crippen LogP contribution in [-0.2, 0) is 0 Å². The Balaban J connectivity index is 2.31. The third-order valence-corrected chi connectivity index (χ3v) is 4.08. The lowest BCUT2D eigenvalue weighted by atomic mass is 10.0. The van der Waals surface area contributed by atoms with Gasteiger partial charge in [0, 0.05) is 34.7 Å². The fourth-order valence-electron chi connectivity index (χ4n) is 2.44. The van der Waals surface area contributed by atoms with E-state index >= 15 is 0 Å². The van der Waals surface area contributed by atoms with Gasteiger partial charge >= 0.3 is 0 Å². The van der Waals surface area contributed by atoms with Gasteiger partial charge in [0.25, 0.3) is 0 Å². The molecule has 0 amide bonds. The van der Waals surface area contributed by atoms with Crippen LogP contribution in [-0.4, -0.2) is 35.3 Å². The Bertz CT molecular complexity index is 491. The molecule has 2 atom stereocenters. The van der Waals surface area contributed by atoms with E-state index in [0.29, 0.717) is 5.56 Å². The molecular weight excluding hydrogens is 310 g/mol. The zero-order valence-corrected chi connectivity index (χ0v) is 12.3. The molecule has 1 aliphatic rings. The Morgan fingerprint density at radius 3 is 2.89 bits per heavy atom. The number of rotatable bonds is 3. The zero-order valence-electron chi connectivity index (χ0n) is 10.8. The van der Waals surface area contributed by atoms with Crippen LogP contribution in [0.5, 0.6) is 0 Å². The minimum atomic E-state index is -0.315. The van der Waals surface area contributed by atoms with E-state index in [1.165, 1.54) is 0 Å². The lowest BCUT2D eigenvalue weighted by Crippen LogP contribution is -2.26. The average molecular weight is 328 g/mol. The van der Waals surface area contributed by atoms with Gasteiger partial charge in [0.1, 0.15) is 0 Å². The summed E-state index contributed by atoms with van der Waals surface area (Å²) < 4.78 is 0.942. The van der Waals surface area contributed by atoms with E-state index < -0.39 is 0 Å². The van der Waals surface area contributed by atoms with Crippen LogP contribution in [0.15, 0.2) is 27.8 Å². The number of nitrogens with zero attached hydrogens (tertiary/aromatic N) is 2. The molecule has 5 nitrogen and oxygen atoms in total. The Hall–Kier alpha value is -1.27. The summed E-state index contributed by atoms with van der Waals surface area (Å²) in [6.45, 7) is 3.46. The van der Waals surface area contributed by atoms with Crippen LogP contribution in [0.2, 0.25) is 0 Å². The van der Waals surface area contributed by atoms with Crippen molar-refractivity contribution in [1.29, 1.82) is 0 Å². The van der Waals surface area contributed by atoms with Crippen LogP contribution in [0.1, 0.15) is 18.9 Å². The molecule has 0 aliphatic carbocycles. The number of anilines is 1. The maximum Gasteiger partial charge on any atom is 0.172 e. The van der Waals surface area contributed by atoms with Crippen molar-refractivity contribution in [3.8, 4) is 0 Å². The van der Waals surface area contributed by atoms with Crippen molar-refractivity contribution in [2.75, 3.05) is 18.0 Å². The monoisotopic (exact) mass is 327 g/mol. The first-order valence-corrected chi connectivity index (χ1v) is 7.02. The molecule has 0 spiro atoms. The Labute approximate surface area is 120 Å². The maximum absolute atomic E-state index is 9.67. The van der Waals surface area contributed by atoms with Crippen molar-refractivity contribution in [3.05, 3.63) is 28.2 Å². The zero-order chi connectivity index (χ0) is 14.0. The standard InChI is InChI=1S/C13H18BrN3O2/c1-8(18)9-4-5-17(7-9)12-6-10(14)2-3-11(12)13(15)16-19/h2-3,6,8-9,18-19H,4-5,7H2,1H3,(H2,15,16). The Kier molecular flexibility index (Phi) is 4.31. The molecule has 1 aromatic carbocycles. The Morgan fingerprint density at radius 1 is 1.58 bits per heavy atom. The number of nitrogens with two attached hydrogens (primary N) is 1. The first-order chi connectivity index (χ1) is 9.02. The molecule has 104 valence electrons. The van der Waals surface area contributed by atoms with Gasteiger partial charge in [-0.1, -0.05) is 21.1 Å². The fourth-order valence-corrected chi connectivity index (χ4v) is 2.79. The molecule has 0 radical (unpaired) electrons. The molecule has 4 N–H and O–H groups in total. The number of amidine groups is 1. The predicted molar refractivity (Wildman–Crippen MR) is 78.7 cm³/mol. The molecule has 19 heavy (non-hydrogen) atoms. The molecule has 1 fully saturated rings.